The molecule has 3 heterocycles. The van der Waals surface area contributed by atoms with E-state index >= 15 is 0 Å². The van der Waals surface area contributed by atoms with Crippen LogP contribution in [0.5, 0.6) is 0 Å². The second-order valence-corrected chi connectivity index (χ2v) is 12.4. The number of carbonyl (C=O) groups excluding carboxylic acids is 1. The maximum Gasteiger partial charge on any atom is 0.330 e. The largest absolute Gasteiger partial charge is 0.481 e. The summed E-state index contributed by atoms with van der Waals surface area (Å²) in [7, 11) is 0. The zero-order valence-electron chi connectivity index (χ0n) is 26.4. The number of carboxylic acid groups (broad SMARTS) is 1. The third-order valence-electron chi connectivity index (χ3n) is 8.51. The standard InChI is InChI=1S/C34H47NO9/c1-20(15-26-19-42-24(5)35-26)9-7-10-22(3)33(41)23(4)28-18-29(37)34(6)30(44-34)14-13-21(2)27(36)16-25(17-31(38)39)11-8-12-32(40)43-28/h7-10,12-15,19,21,23,25,27-30,33,36-37,41H,11,16-18H2,1-6H3,(H,38,39)/b9-7+,12-8+,14-13+,20-15+,22-10+/t21-,23+,25-,27?,28+,29+,30-,33+,34+/m1/s1. The Morgan fingerprint density at radius 3 is 2.61 bits per heavy atom. The maximum absolute atomic E-state index is 12.9. The van der Waals surface area contributed by atoms with E-state index in [0.29, 0.717) is 17.2 Å². The fraction of sp³-hybridized carbons (Fsp3) is 0.559. The number of esters is 1. The van der Waals surface area contributed by atoms with E-state index in [1.807, 2.05) is 38.2 Å². The van der Waals surface area contributed by atoms with E-state index in [4.69, 9.17) is 13.9 Å². The van der Waals surface area contributed by atoms with Gasteiger partial charge in [-0.05, 0) is 56.8 Å². The predicted octanol–water partition coefficient (Wildman–Crippen LogP) is 4.70. The Balaban J connectivity index is 1.78. The normalized spacial score (nSPS) is 33.7. The number of aliphatic carboxylic acids is 1. The highest BCUT2D eigenvalue weighted by Gasteiger charge is 2.56. The third kappa shape index (κ3) is 10.1. The van der Waals surface area contributed by atoms with Crippen LogP contribution in [0.15, 0.2) is 64.4 Å². The number of carbonyl (C=O) groups is 2. The van der Waals surface area contributed by atoms with Crippen molar-refractivity contribution < 1.29 is 43.9 Å². The van der Waals surface area contributed by atoms with Crippen LogP contribution in [-0.4, -0.2) is 73.5 Å². The summed E-state index contributed by atoms with van der Waals surface area (Å²) in [5.41, 5.74) is 1.37. The van der Waals surface area contributed by atoms with E-state index < -0.39 is 54.0 Å². The van der Waals surface area contributed by atoms with Crippen LogP contribution in [0.1, 0.15) is 71.9 Å². The quantitative estimate of drug-likeness (QED) is 0.140. The number of nitrogens with zero attached hydrogens (tertiary/aromatic N) is 1. The maximum atomic E-state index is 12.9. The first-order valence-electron chi connectivity index (χ1n) is 15.1. The van der Waals surface area contributed by atoms with E-state index in [9.17, 15) is 30.0 Å². The second-order valence-electron chi connectivity index (χ2n) is 12.4. The van der Waals surface area contributed by atoms with Gasteiger partial charge in [0.15, 0.2) is 5.89 Å². The molecule has 242 valence electrons. The Bertz CT molecular complexity index is 1290. The molecule has 10 heteroatoms. The van der Waals surface area contributed by atoms with Crippen LogP contribution >= 0.6 is 0 Å². The zero-order chi connectivity index (χ0) is 32.6. The van der Waals surface area contributed by atoms with Gasteiger partial charge < -0.3 is 34.3 Å². The first-order chi connectivity index (χ1) is 20.7. The first-order valence-corrected chi connectivity index (χ1v) is 15.1. The van der Waals surface area contributed by atoms with Gasteiger partial charge in [-0.25, -0.2) is 9.78 Å². The van der Waals surface area contributed by atoms with E-state index in [2.05, 4.69) is 4.98 Å². The molecule has 1 saturated heterocycles. The van der Waals surface area contributed by atoms with Crippen LogP contribution in [-0.2, 0) is 19.1 Å². The minimum absolute atomic E-state index is 0.0283. The summed E-state index contributed by atoms with van der Waals surface area (Å²) in [5, 5.41) is 42.4. The molecule has 1 aromatic heterocycles. The number of aliphatic hydroxyl groups is 3. The molecular formula is C34H47NO9. The number of aliphatic hydroxyl groups excluding tert-OH is 3. The summed E-state index contributed by atoms with van der Waals surface area (Å²) in [6, 6.07) is 0. The zero-order valence-corrected chi connectivity index (χ0v) is 26.4. The van der Waals surface area contributed by atoms with Crippen molar-refractivity contribution >= 4 is 18.0 Å². The molecule has 9 atom stereocenters. The number of fused-ring (bicyclic) bond motifs is 1. The van der Waals surface area contributed by atoms with Crippen LogP contribution in [0.25, 0.3) is 6.08 Å². The van der Waals surface area contributed by atoms with Gasteiger partial charge in [-0.15, -0.1) is 0 Å². The third-order valence-corrected chi connectivity index (χ3v) is 8.51. The summed E-state index contributed by atoms with van der Waals surface area (Å²) >= 11 is 0. The predicted molar refractivity (Wildman–Crippen MR) is 165 cm³/mol. The van der Waals surface area contributed by atoms with Gasteiger partial charge in [-0.1, -0.05) is 50.3 Å². The van der Waals surface area contributed by atoms with Gasteiger partial charge in [0, 0.05) is 37.7 Å². The first kappa shape index (κ1) is 35.2. The van der Waals surface area contributed by atoms with Crippen LogP contribution in [0.2, 0.25) is 0 Å². The summed E-state index contributed by atoms with van der Waals surface area (Å²) in [5.74, 6) is -2.29. The van der Waals surface area contributed by atoms with Crippen molar-refractivity contribution in [2.75, 3.05) is 0 Å². The molecule has 0 saturated carbocycles. The lowest BCUT2D eigenvalue weighted by Crippen LogP contribution is -2.40. The Morgan fingerprint density at radius 1 is 1.23 bits per heavy atom. The molecule has 0 spiro atoms. The topological polar surface area (TPSA) is 163 Å². The van der Waals surface area contributed by atoms with Crippen molar-refractivity contribution in [1.82, 2.24) is 4.98 Å². The smallest absolute Gasteiger partial charge is 0.330 e. The average molecular weight is 614 g/mol. The van der Waals surface area contributed by atoms with Gasteiger partial charge >= 0.3 is 11.9 Å². The molecule has 3 rings (SSSR count). The Morgan fingerprint density at radius 2 is 1.95 bits per heavy atom. The fourth-order valence-electron chi connectivity index (χ4n) is 5.37. The lowest BCUT2D eigenvalue weighted by Gasteiger charge is -2.30. The second kappa shape index (κ2) is 15.6. The molecule has 0 radical (unpaired) electrons. The molecule has 0 aliphatic carbocycles. The molecule has 2 aliphatic heterocycles. The van der Waals surface area contributed by atoms with Crippen molar-refractivity contribution in [1.29, 1.82) is 0 Å². The van der Waals surface area contributed by atoms with Crippen LogP contribution < -0.4 is 0 Å². The molecular weight excluding hydrogens is 566 g/mol. The highest BCUT2D eigenvalue weighted by atomic mass is 16.6. The van der Waals surface area contributed by atoms with Gasteiger partial charge in [-0.3, -0.25) is 4.79 Å². The number of aryl methyl sites for hydroxylation is 1. The number of epoxide rings is 1. The van der Waals surface area contributed by atoms with Crippen LogP contribution in [0.4, 0.5) is 0 Å². The molecule has 2 aliphatic rings. The molecule has 1 fully saturated rings. The summed E-state index contributed by atoms with van der Waals surface area (Å²) in [6.45, 7) is 10.8. The summed E-state index contributed by atoms with van der Waals surface area (Å²) < 4.78 is 16.8. The van der Waals surface area contributed by atoms with Crippen molar-refractivity contribution in [2.45, 2.75) is 103 Å². The fourth-order valence-corrected chi connectivity index (χ4v) is 5.37. The Hall–Kier alpha value is -3.31. The summed E-state index contributed by atoms with van der Waals surface area (Å²) in [4.78, 5) is 28.5. The van der Waals surface area contributed by atoms with Gasteiger partial charge in [0.2, 0.25) is 0 Å². The van der Waals surface area contributed by atoms with E-state index in [1.165, 1.54) is 6.08 Å². The van der Waals surface area contributed by atoms with Crippen molar-refractivity contribution in [3.05, 3.63) is 71.5 Å². The molecule has 0 aromatic carbocycles. The molecule has 0 bridgehead atoms. The number of hydrogen-bond acceptors (Lipinski definition) is 9. The van der Waals surface area contributed by atoms with E-state index in [0.717, 1.165) is 5.57 Å². The molecule has 1 unspecified atom stereocenters. The number of cyclic esters (lactones) is 1. The van der Waals surface area contributed by atoms with E-state index in [-0.39, 0.29) is 37.5 Å². The van der Waals surface area contributed by atoms with Gasteiger partial charge in [-0.2, -0.15) is 0 Å². The van der Waals surface area contributed by atoms with E-state index in [1.54, 1.807) is 52.2 Å². The van der Waals surface area contributed by atoms with Gasteiger partial charge in [0.1, 0.15) is 29.8 Å². The summed E-state index contributed by atoms with van der Waals surface area (Å²) in [6.07, 6.45) is 11.7. The Labute approximate surface area is 259 Å². The average Bonchev–Trinajstić information content (AvgIpc) is 3.45. The highest BCUT2D eigenvalue weighted by Crippen LogP contribution is 2.43. The number of rotatable bonds is 8. The minimum atomic E-state index is -1.00. The molecule has 4 N–H and O–H groups in total. The molecule has 0 amide bonds. The number of aromatic nitrogens is 1. The lowest BCUT2D eigenvalue weighted by atomic mass is 9.86. The molecule has 44 heavy (non-hydrogen) atoms. The van der Waals surface area contributed by atoms with Gasteiger partial charge in [0.05, 0.1) is 18.3 Å². The SMILES string of the molecule is CC(/C=C/C=C(\C)[C@H](O)[C@@H](C)[C@@H]1C[C@H](O)[C@]2(C)O[C@@H]2/C=C/[C@@H](C)C(O)C[C@H](CC(=O)O)C/C=C/C(=O)O1)=C\c1coc(C)n1. The molecule has 1 aromatic rings. The Kier molecular flexibility index (Phi) is 12.5. The minimum Gasteiger partial charge on any atom is -0.481 e. The van der Waals surface area contributed by atoms with Crippen molar-refractivity contribution in [2.24, 2.45) is 17.8 Å². The number of ether oxygens (including phenoxy) is 2. The van der Waals surface area contributed by atoms with Crippen LogP contribution in [0, 0.1) is 24.7 Å². The van der Waals surface area contributed by atoms with Gasteiger partial charge in [0.25, 0.3) is 0 Å². The van der Waals surface area contributed by atoms with Crippen molar-refractivity contribution in [3.8, 4) is 0 Å². The molecule has 10 nitrogen and oxygen atoms in total. The number of hydrogen-bond donors (Lipinski definition) is 4. The number of allylic oxidation sites excluding steroid dienone is 5. The van der Waals surface area contributed by atoms with Crippen LogP contribution in [0.3, 0.4) is 0 Å². The monoisotopic (exact) mass is 613 g/mol. The highest BCUT2D eigenvalue weighted by molar-refractivity contribution is 5.82. The number of oxazole rings is 1. The number of carboxylic acids is 1. The van der Waals surface area contributed by atoms with Crippen molar-refractivity contribution in [3.63, 3.8) is 0 Å². The lowest BCUT2D eigenvalue weighted by molar-refractivity contribution is -0.150.